The lowest BCUT2D eigenvalue weighted by molar-refractivity contribution is 0.0937. The van der Waals surface area contributed by atoms with E-state index in [4.69, 9.17) is 4.74 Å². The number of aromatic amines is 1. The van der Waals surface area contributed by atoms with Gasteiger partial charge in [0.2, 0.25) is 0 Å². The molecule has 0 saturated heterocycles. The fourth-order valence-corrected chi connectivity index (χ4v) is 3.86. The van der Waals surface area contributed by atoms with E-state index < -0.39 is 0 Å². The van der Waals surface area contributed by atoms with E-state index in [-0.39, 0.29) is 11.8 Å². The number of aromatic nitrogens is 3. The number of ether oxygens (including phenoxy) is 1. The molecule has 33 heavy (non-hydrogen) atoms. The highest BCUT2D eigenvalue weighted by molar-refractivity contribution is 5.95. The Hall–Kier alpha value is -4.30. The number of carbonyl (C=O) groups excluding carboxylic acids is 1. The fourth-order valence-electron chi connectivity index (χ4n) is 3.86. The van der Waals surface area contributed by atoms with Crippen LogP contribution in [0.25, 0.3) is 27.7 Å². The van der Waals surface area contributed by atoms with Crippen LogP contribution in [-0.2, 0) is 4.74 Å². The number of amides is 1. The molecule has 0 aliphatic carbocycles. The Morgan fingerprint density at radius 3 is 2.82 bits per heavy atom. The number of hydrogen-bond donors (Lipinski definition) is 4. The third-order valence-electron chi connectivity index (χ3n) is 5.53. The predicted molar refractivity (Wildman–Crippen MR) is 128 cm³/mol. The number of methoxy groups -OCH3 is 1. The third-order valence-corrected chi connectivity index (χ3v) is 5.53. The van der Waals surface area contributed by atoms with Crippen molar-refractivity contribution in [1.82, 2.24) is 19.7 Å². The third kappa shape index (κ3) is 3.99. The van der Waals surface area contributed by atoms with Gasteiger partial charge in [0.1, 0.15) is 0 Å². The second kappa shape index (κ2) is 8.68. The highest BCUT2D eigenvalue weighted by Crippen LogP contribution is 2.31. The van der Waals surface area contributed by atoms with E-state index in [9.17, 15) is 9.90 Å². The summed E-state index contributed by atoms with van der Waals surface area (Å²) >= 11 is 0. The number of aromatic hydroxyl groups is 1. The number of carbonyl (C=O) groups is 1. The fraction of sp³-hybridized carbons (Fsp3) is 0.120. The van der Waals surface area contributed by atoms with Crippen LogP contribution in [0.5, 0.6) is 5.88 Å². The Morgan fingerprint density at radius 2 is 2.00 bits per heavy atom. The van der Waals surface area contributed by atoms with Gasteiger partial charge in [0.15, 0.2) is 11.5 Å². The maximum absolute atomic E-state index is 12.2. The average molecular weight is 441 g/mol. The first-order valence-corrected chi connectivity index (χ1v) is 10.5. The number of nitrogens with one attached hydrogen (secondary N) is 3. The summed E-state index contributed by atoms with van der Waals surface area (Å²) in [5.74, 6) is 0.0358. The second-order valence-electron chi connectivity index (χ2n) is 7.64. The van der Waals surface area contributed by atoms with Crippen molar-refractivity contribution in [2.45, 2.75) is 0 Å². The van der Waals surface area contributed by atoms with Crippen molar-refractivity contribution in [2.75, 3.05) is 25.6 Å². The molecule has 3 heterocycles. The zero-order valence-corrected chi connectivity index (χ0v) is 18.0. The number of anilines is 2. The van der Waals surface area contributed by atoms with Gasteiger partial charge >= 0.3 is 0 Å². The van der Waals surface area contributed by atoms with Crippen molar-refractivity contribution in [3.63, 3.8) is 0 Å². The zero-order chi connectivity index (χ0) is 22.8. The predicted octanol–water partition coefficient (Wildman–Crippen LogP) is 4.31. The minimum atomic E-state index is -0.133. The maximum atomic E-state index is 12.2. The lowest BCUT2D eigenvalue weighted by atomic mass is 10.1. The summed E-state index contributed by atoms with van der Waals surface area (Å²) in [6.45, 7) is 0.945. The van der Waals surface area contributed by atoms with Gasteiger partial charge in [-0.3, -0.25) is 9.20 Å². The summed E-state index contributed by atoms with van der Waals surface area (Å²) in [5, 5.41) is 17.8. The monoisotopic (exact) mass is 441 g/mol. The number of fused-ring (bicyclic) bond motifs is 2. The Balaban J connectivity index is 1.40. The van der Waals surface area contributed by atoms with Crippen LogP contribution in [0.2, 0.25) is 0 Å². The molecule has 0 aliphatic rings. The molecular formula is C25H23N5O3. The summed E-state index contributed by atoms with van der Waals surface area (Å²) in [6, 6.07) is 17.2. The number of nitrogens with zero attached hydrogens (tertiary/aromatic N) is 2. The molecule has 1 amide bonds. The Bertz CT molecular complexity index is 1440. The van der Waals surface area contributed by atoms with Gasteiger partial charge in [-0.2, -0.15) is 0 Å². The lowest BCUT2D eigenvalue weighted by Gasteiger charge is -2.12. The van der Waals surface area contributed by atoms with Crippen LogP contribution in [0.15, 0.2) is 73.2 Å². The van der Waals surface area contributed by atoms with Gasteiger partial charge in [-0.1, -0.05) is 6.07 Å². The molecule has 0 radical (unpaired) electrons. The largest absolute Gasteiger partial charge is 0.494 e. The van der Waals surface area contributed by atoms with E-state index in [0.29, 0.717) is 18.7 Å². The van der Waals surface area contributed by atoms with Gasteiger partial charge in [-0.05, 0) is 54.1 Å². The van der Waals surface area contributed by atoms with Crippen molar-refractivity contribution < 1.29 is 14.6 Å². The highest BCUT2D eigenvalue weighted by atomic mass is 16.5. The second-order valence-corrected chi connectivity index (χ2v) is 7.64. The zero-order valence-electron chi connectivity index (χ0n) is 18.0. The summed E-state index contributed by atoms with van der Waals surface area (Å²) in [4.78, 5) is 19.5. The highest BCUT2D eigenvalue weighted by Gasteiger charge is 2.11. The number of imidazole rings is 1. The summed E-state index contributed by atoms with van der Waals surface area (Å²) in [5.41, 5.74) is 5.07. The molecule has 0 saturated carbocycles. The summed E-state index contributed by atoms with van der Waals surface area (Å²) in [6.07, 6.45) is 5.47. The quantitative estimate of drug-likeness (QED) is 0.282. The first-order valence-electron chi connectivity index (χ1n) is 10.5. The Kier molecular flexibility index (Phi) is 5.42. The van der Waals surface area contributed by atoms with Crippen molar-refractivity contribution in [1.29, 1.82) is 0 Å². The van der Waals surface area contributed by atoms with Crippen LogP contribution in [-0.4, -0.2) is 45.6 Å². The van der Waals surface area contributed by atoms with Gasteiger partial charge in [0, 0.05) is 54.3 Å². The molecule has 166 valence electrons. The molecule has 8 nitrogen and oxygen atoms in total. The molecule has 5 aromatic rings. The van der Waals surface area contributed by atoms with Gasteiger partial charge in [0.25, 0.3) is 5.91 Å². The Morgan fingerprint density at radius 1 is 1.15 bits per heavy atom. The average Bonchev–Trinajstić information content (AvgIpc) is 3.47. The smallest absolute Gasteiger partial charge is 0.251 e. The van der Waals surface area contributed by atoms with Gasteiger partial charge in [-0.25, -0.2) is 4.98 Å². The standard InChI is InChI=1S/C25H23N5O3/c1-33-13-11-27-24(31)16-2-5-19(6-3-16)29-21-8-9-22(30-12-10-26-23(21)30)17-4-7-20-18(14-17)15-28-25(20)32/h2-10,12,14-15,28-29,32H,11,13H2,1H3,(H,27,31). The normalized spacial score (nSPS) is 11.2. The van der Waals surface area contributed by atoms with Crippen molar-refractivity contribution in [2.24, 2.45) is 0 Å². The van der Waals surface area contributed by atoms with Gasteiger partial charge in [-0.15, -0.1) is 0 Å². The topological polar surface area (TPSA) is 104 Å². The minimum absolute atomic E-state index is 0.133. The van der Waals surface area contributed by atoms with Crippen molar-refractivity contribution in [3.05, 3.63) is 78.8 Å². The van der Waals surface area contributed by atoms with E-state index in [0.717, 1.165) is 39.1 Å². The molecule has 5 rings (SSSR count). The molecular weight excluding hydrogens is 418 g/mol. The lowest BCUT2D eigenvalue weighted by Crippen LogP contribution is -2.26. The first-order chi connectivity index (χ1) is 16.1. The Labute approximate surface area is 189 Å². The number of pyridine rings is 1. The van der Waals surface area contributed by atoms with Gasteiger partial charge in [0.05, 0.1) is 18.0 Å². The summed E-state index contributed by atoms with van der Waals surface area (Å²) in [7, 11) is 1.60. The van der Waals surface area contributed by atoms with Crippen LogP contribution in [0.1, 0.15) is 10.4 Å². The van der Waals surface area contributed by atoms with Crippen molar-refractivity contribution in [3.8, 4) is 17.1 Å². The van der Waals surface area contributed by atoms with Crippen LogP contribution in [0, 0.1) is 0 Å². The number of rotatable bonds is 7. The number of hydrogen-bond acceptors (Lipinski definition) is 5. The molecule has 0 spiro atoms. The van der Waals surface area contributed by atoms with Crippen LogP contribution in [0.4, 0.5) is 11.4 Å². The van der Waals surface area contributed by atoms with E-state index in [1.807, 2.05) is 53.1 Å². The first kappa shape index (κ1) is 20.6. The van der Waals surface area contributed by atoms with E-state index in [2.05, 4.69) is 20.6 Å². The maximum Gasteiger partial charge on any atom is 0.251 e. The molecule has 4 N–H and O–H groups in total. The van der Waals surface area contributed by atoms with Crippen LogP contribution < -0.4 is 10.6 Å². The van der Waals surface area contributed by atoms with E-state index in [1.165, 1.54) is 0 Å². The molecule has 0 atom stereocenters. The molecule has 2 aromatic carbocycles. The van der Waals surface area contributed by atoms with E-state index >= 15 is 0 Å². The van der Waals surface area contributed by atoms with E-state index in [1.54, 1.807) is 31.6 Å². The number of H-pyrrole nitrogens is 1. The van der Waals surface area contributed by atoms with Crippen molar-refractivity contribution >= 4 is 33.7 Å². The molecule has 0 fully saturated rings. The van der Waals surface area contributed by atoms with Crippen LogP contribution in [0.3, 0.4) is 0 Å². The molecule has 0 bridgehead atoms. The number of benzene rings is 2. The molecule has 0 unspecified atom stereocenters. The minimum Gasteiger partial charge on any atom is -0.494 e. The van der Waals surface area contributed by atoms with Gasteiger partial charge < -0.3 is 25.5 Å². The van der Waals surface area contributed by atoms with Crippen LogP contribution >= 0.6 is 0 Å². The molecule has 3 aromatic heterocycles. The molecule has 8 heteroatoms. The summed E-state index contributed by atoms with van der Waals surface area (Å²) < 4.78 is 6.98. The molecule has 0 aliphatic heterocycles. The SMILES string of the molecule is COCCNC(=O)c1ccc(Nc2ccc(-c3ccc4c(O)[nH]cc4c3)n3ccnc23)cc1.